The lowest BCUT2D eigenvalue weighted by molar-refractivity contribution is 1.04. The molecule has 2 aromatic rings. The number of aryl methyl sites for hydroxylation is 3. The largest absolute Gasteiger partial charge is 0.241 e. The number of hydrogen-bond donors (Lipinski definition) is 0. The molecule has 0 fully saturated rings. The molecule has 0 radical (unpaired) electrons. The first-order valence-electron chi connectivity index (χ1n) is 5.25. The lowest BCUT2D eigenvalue weighted by atomic mass is 10.1. The van der Waals surface area contributed by atoms with E-state index in [4.69, 9.17) is 0 Å². The summed E-state index contributed by atoms with van der Waals surface area (Å²) in [5.74, 6) is 0.812. The second-order valence-electron chi connectivity index (χ2n) is 3.98. The van der Waals surface area contributed by atoms with Crippen LogP contribution in [0.1, 0.15) is 17.0 Å². The lowest BCUT2D eigenvalue weighted by Gasteiger charge is -2.10. The minimum Gasteiger partial charge on any atom is -0.241 e. The van der Waals surface area contributed by atoms with Crippen LogP contribution in [0, 0.1) is 20.8 Å². The van der Waals surface area contributed by atoms with Crippen molar-refractivity contribution in [3.05, 3.63) is 41.3 Å². The SMILES string of the molecule is Cc1ncc(C)c(-c2cccc(C)c2P)n1. The summed E-state index contributed by atoms with van der Waals surface area (Å²) in [5.41, 5.74) is 4.58. The predicted octanol–water partition coefficient (Wildman–Crippen LogP) is 2.57. The molecule has 0 aliphatic carbocycles. The van der Waals surface area contributed by atoms with Gasteiger partial charge in [0.25, 0.3) is 0 Å². The predicted molar refractivity (Wildman–Crippen MR) is 71.0 cm³/mol. The van der Waals surface area contributed by atoms with Crippen molar-refractivity contribution in [2.24, 2.45) is 0 Å². The van der Waals surface area contributed by atoms with Gasteiger partial charge in [0.05, 0.1) is 5.69 Å². The van der Waals surface area contributed by atoms with Gasteiger partial charge in [0.2, 0.25) is 0 Å². The summed E-state index contributed by atoms with van der Waals surface area (Å²) in [6.45, 7) is 6.07. The van der Waals surface area contributed by atoms with Crippen LogP contribution in [0.4, 0.5) is 0 Å². The highest BCUT2D eigenvalue weighted by atomic mass is 31.0. The normalized spacial score (nSPS) is 10.5. The first kappa shape index (κ1) is 11.2. The molecule has 16 heavy (non-hydrogen) atoms. The summed E-state index contributed by atoms with van der Waals surface area (Å²) in [5, 5.41) is 1.21. The number of hydrogen-bond acceptors (Lipinski definition) is 2. The highest BCUT2D eigenvalue weighted by Crippen LogP contribution is 2.21. The van der Waals surface area contributed by atoms with Crippen molar-refractivity contribution in [2.45, 2.75) is 20.8 Å². The lowest BCUT2D eigenvalue weighted by Crippen LogP contribution is -2.05. The fourth-order valence-electron chi connectivity index (χ4n) is 1.69. The Bertz CT molecular complexity index is 535. The van der Waals surface area contributed by atoms with Gasteiger partial charge < -0.3 is 0 Å². The third-order valence-electron chi connectivity index (χ3n) is 2.67. The van der Waals surface area contributed by atoms with Gasteiger partial charge in [-0.05, 0) is 37.2 Å². The van der Waals surface area contributed by atoms with Crippen LogP contribution in [-0.4, -0.2) is 9.97 Å². The van der Waals surface area contributed by atoms with Crippen molar-refractivity contribution < 1.29 is 0 Å². The van der Waals surface area contributed by atoms with E-state index in [9.17, 15) is 0 Å². The van der Waals surface area contributed by atoms with Crippen molar-refractivity contribution >= 4 is 14.5 Å². The van der Waals surface area contributed by atoms with E-state index >= 15 is 0 Å². The standard InChI is InChI=1S/C13H15N2P/c1-8-5-4-6-11(13(8)16)12-9(2)7-14-10(3)15-12/h4-7H,16H2,1-3H3. The Kier molecular flexibility index (Phi) is 3.02. The quantitative estimate of drug-likeness (QED) is 0.704. The second kappa shape index (κ2) is 4.31. The maximum absolute atomic E-state index is 4.52. The van der Waals surface area contributed by atoms with Gasteiger partial charge in [-0.3, -0.25) is 0 Å². The van der Waals surface area contributed by atoms with E-state index in [1.807, 2.05) is 20.0 Å². The third-order valence-corrected chi connectivity index (χ3v) is 3.44. The van der Waals surface area contributed by atoms with E-state index in [1.54, 1.807) is 0 Å². The number of nitrogens with zero attached hydrogens (tertiary/aromatic N) is 2. The maximum atomic E-state index is 4.52. The molecule has 0 saturated carbocycles. The number of rotatable bonds is 1. The zero-order chi connectivity index (χ0) is 11.7. The highest BCUT2D eigenvalue weighted by Gasteiger charge is 2.08. The molecule has 0 aliphatic rings. The van der Waals surface area contributed by atoms with Gasteiger partial charge >= 0.3 is 0 Å². The average Bonchev–Trinajstić information content (AvgIpc) is 2.26. The molecular formula is C13H15N2P. The molecule has 0 N–H and O–H groups in total. The highest BCUT2D eigenvalue weighted by molar-refractivity contribution is 7.28. The fraction of sp³-hybridized carbons (Fsp3) is 0.231. The third kappa shape index (κ3) is 1.98. The summed E-state index contributed by atoms with van der Waals surface area (Å²) in [4.78, 5) is 8.72. The van der Waals surface area contributed by atoms with Crippen molar-refractivity contribution in [2.75, 3.05) is 0 Å². The summed E-state index contributed by atoms with van der Waals surface area (Å²) in [7, 11) is 2.80. The van der Waals surface area contributed by atoms with E-state index < -0.39 is 0 Å². The Morgan fingerprint density at radius 1 is 1.06 bits per heavy atom. The Morgan fingerprint density at radius 3 is 2.56 bits per heavy atom. The summed E-state index contributed by atoms with van der Waals surface area (Å²) in [6, 6.07) is 6.27. The van der Waals surface area contributed by atoms with Crippen molar-refractivity contribution in [3.63, 3.8) is 0 Å². The average molecular weight is 230 g/mol. The zero-order valence-corrected chi connectivity index (χ0v) is 10.9. The number of aromatic nitrogens is 2. The van der Waals surface area contributed by atoms with E-state index in [0.717, 1.165) is 17.1 Å². The van der Waals surface area contributed by atoms with E-state index in [1.165, 1.54) is 16.4 Å². The molecule has 1 atom stereocenters. The maximum Gasteiger partial charge on any atom is 0.125 e. The second-order valence-corrected chi connectivity index (χ2v) is 4.56. The molecule has 0 amide bonds. The Hall–Kier alpha value is -1.27. The van der Waals surface area contributed by atoms with Gasteiger partial charge in [0.15, 0.2) is 0 Å². The Balaban J connectivity index is 2.67. The zero-order valence-electron chi connectivity index (χ0n) is 9.78. The van der Waals surface area contributed by atoms with Crippen LogP contribution in [0.25, 0.3) is 11.3 Å². The minimum absolute atomic E-state index is 0.812. The molecule has 1 unspecified atom stereocenters. The van der Waals surface area contributed by atoms with Crippen LogP contribution < -0.4 is 5.30 Å². The summed E-state index contributed by atoms with van der Waals surface area (Å²) < 4.78 is 0. The molecule has 0 spiro atoms. The molecule has 82 valence electrons. The van der Waals surface area contributed by atoms with Crippen LogP contribution in [-0.2, 0) is 0 Å². The van der Waals surface area contributed by atoms with Gasteiger partial charge in [-0.25, -0.2) is 9.97 Å². The summed E-state index contributed by atoms with van der Waals surface area (Å²) in [6.07, 6.45) is 1.88. The molecule has 1 aromatic carbocycles. The molecule has 0 saturated heterocycles. The van der Waals surface area contributed by atoms with Gasteiger partial charge in [0.1, 0.15) is 5.82 Å². The number of benzene rings is 1. The molecule has 2 rings (SSSR count). The van der Waals surface area contributed by atoms with Gasteiger partial charge in [0, 0.05) is 11.8 Å². The van der Waals surface area contributed by atoms with Gasteiger partial charge in [-0.1, -0.05) is 18.2 Å². The molecular weight excluding hydrogens is 215 g/mol. The fourth-order valence-corrected chi connectivity index (χ4v) is 2.02. The summed E-state index contributed by atoms with van der Waals surface area (Å²) >= 11 is 0. The van der Waals surface area contributed by atoms with Crippen LogP contribution >= 0.6 is 9.24 Å². The van der Waals surface area contributed by atoms with Crippen molar-refractivity contribution in [3.8, 4) is 11.3 Å². The van der Waals surface area contributed by atoms with Gasteiger partial charge in [-0.2, -0.15) is 0 Å². The van der Waals surface area contributed by atoms with E-state index in [-0.39, 0.29) is 0 Å². The Morgan fingerprint density at radius 2 is 1.81 bits per heavy atom. The minimum atomic E-state index is 0.812. The smallest absolute Gasteiger partial charge is 0.125 e. The molecule has 1 heterocycles. The van der Waals surface area contributed by atoms with Crippen LogP contribution in [0.2, 0.25) is 0 Å². The molecule has 3 heteroatoms. The van der Waals surface area contributed by atoms with Crippen LogP contribution in [0.5, 0.6) is 0 Å². The van der Waals surface area contributed by atoms with Crippen LogP contribution in [0.3, 0.4) is 0 Å². The van der Waals surface area contributed by atoms with Crippen molar-refractivity contribution in [1.82, 2.24) is 9.97 Å². The van der Waals surface area contributed by atoms with E-state index in [2.05, 4.69) is 44.3 Å². The van der Waals surface area contributed by atoms with E-state index in [0.29, 0.717) is 0 Å². The molecule has 0 aliphatic heterocycles. The molecule has 1 aromatic heterocycles. The van der Waals surface area contributed by atoms with Gasteiger partial charge in [-0.15, -0.1) is 9.24 Å². The van der Waals surface area contributed by atoms with Crippen LogP contribution in [0.15, 0.2) is 24.4 Å². The monoisotopic (exact) mass is 230 g/mol. The molecule has 2 nitrogen and oxygen atoms in total. The Labute approximate surface area is 98.4 Å². The first-order chi connectivity index (χ1) is 7.59. The van der Waals surface area contributed by atoms with Crippen molar-refractivity contribution in [1.29, 1.82) is 0 Å². The molecule has 0 bridgehead atoms. The topological polar surface area (TPSA) is 25.8 Å². The first-order valence-corrected chi connectivity index (χ1v) is 5.83.